The highest BCUT2D eigenvalue weighted by molar-refractivity contribution is 7.91. The molecule has 1 rings (SSSR count). The second kappa shape index (κ2) is 5.17. The molecule has 0 aromatic heterocycles. The highest BCUT2D eigenvalue weighted by Crippen LogP contribution is 2.23. The molecule has 0 aliphatic rings. The van der Waals surface area contributed by atoms with Crippen LogP contribution in [0.5, 0.6) is 5.75 Å². The molecule has 0 amide bonds. The highest BCUT2D eigenvalue weighted by Gasteiger charge is 2.31. The minimum atomic E-state index is -4.74. The molecule has 0 fully saturated rings. The van der Waals surface area contributed by atoms with Gasteiger partial charge in [-0.3, -0.25) is 0 Å². The van der Waals surface area contributed by atoms with Crippen molar-refractivity contribution >= 4 is 9.84 Å². The van der Waals surface area contributed by atoms with Gasteiger partial charge in [-0.2, -0.15) is 0 Å². The van der Waals surface area contributed by atoms with E-state index in [1.165, 1.54) is 12.1 Å². The van der Waals surface area contributed by atoms with Crippen molar-refractivity contribution in [2.24, 2.45) is 0 Å². The van der Waals surface area contributed by atoms with Crippen LogP contribution in [0, 0.1) is 0 Å². The SMILES string of the molecule is CC(C)S(=O)(=O)Cc1ccc(OC(F)(F)F)cc1. The van der Waals surface area contributed by atoms with Gasteiger partial charge in [0.25, 0.3) is 0 Å². The van der Waals surface area contributed by atoms with Gasteiger partial charge in [0.15, 0.2) is 9.84 Å². The zero-order valence-corrected chi connectivity index (χ0v) is 10.7. The number of hydrogen-bond acceptors (Lipinski definition) is 3. The number of ether oxygens (including phenoxy) is 1. The zero-order valence-electron chi connectivity index (χ0n) is 9.86. The van der Waals surface area contributed by atoms with Crippen molar-refractivity contribution in [1.29, 1.82) is 0 Å². The molecule has 0 aliphatic heterocycles. The summed E-state index contributed by atoms with van der Waals surface area (Å²) in [6, 6.07) is 4.80. The van der Waals surface area contributed by atoms with Crippen LogP contribution in [0.1, 0.15) is 19.4 Å². The second-order valence-electron chi connectivity index (χ2n) is 4.05. The van der Waals surface area contributed by atoms with Crippen LogP contribution in [0.4, 0.5) is 13.2 Å². The predicted octanol–water partition coefficient (Wildman–Crippen LogP) is 2.91. The Bertz CT molecular complexity index is 489. The maximum atomic E-state index is 11.9. The van der Waals surface area contributed by atoms with Gasteiger partial charge in [-0.05, 0) is 31.5 Å². The molecule has 1 aromatic rings. The summed E-state index contributed by atoms with van der Waals surface area (Å²) in [4.78, 5) is 0. The Morgan fingerprint density at radius 1 is 1.17 bits per heavy atom. The van der Waals surface area contributed by atoms with Gasteiger partial charge in [-0.1, -0.05) is 12.1 Å². The van der Waals surface area contributed by atoms with E-state index in [9.17, 15) is 21.6 Å². The first-order valence-corrected chi connectivity index (χ1v) is 6.88. The van der Waals surface area contributed by atoms with E-state index < -0.39 is 21.4 Å². The van der Waals surface area contributed by atoms with Gasteiger partial charge in [0, 0.05) is 0 Å². The van der Waals surface area contributed by atoms with Crippen LogP contribution in [-0.4, -0.2) is 20.0 Å². The number of rotatable bonds is 4. The van der Waals surface area contributed by atoms with Gasteiger partial charge in [-0.15, -0.1) is 13.2 Å². The molecule has 0 heterocycles. The molecule has 0 atom stereocenters. The Balaban J connectivity index is 2.79. The second-order valence-corrected chi connectivity index (χ2v) is 6.60. The Labute approximate surface area is 103 Å². The smallest absolute Gasteiger partial charge is 0.406 e. The molecule has 0 unspecified atom stereocenters. The van der Waals surface area contributed by atoms with Gasteiger partial charge in [0.2, 0.25) is 0 Å². The lowest BCUT2D eigenvalue weighted by Crippen LogP contribution is -2.17. The number of alkyl halides is 3. The van der Waals surface area contributed by atoms with Crippen LogP contribution in [0.2, 0.25) is 0 Å². The first-order chi connectivity index (χ1) is 8.10. The summed E-state index contributed by atoms with van der Waals surface area (Å²) in [6.45, 7) is 3.10. The molecule has 0 spiro atoms. The monoisotopic (exact) mass is 282 g/mol. The fourth-order valence-corrected chi connectivity index (χ4v) is 2.18. The summed E-state index contributed by atoms with van der Waals surface area (Å²) >= 11 is 0. The van der Waals surface area contributed by atoms with Crippen molar-refractivity contribution in [2.75, 3.05) is 0 Å². The van der Waals surface area contributed by atoms with Crippen molar-refractivity contribution in [3.63, 3.8) is 0 Å². The molecule has 3 nitrogen and oxygen atoms in total. The standard InChI is InChI=1S/C11H13F3O3S/c1-8(2)18(15,16)7-9-3-5-10(6-4-9)17-11(12,13)14/h3-6,8H,7H2,1-2H3. The van der Waals surface area contributed by atoms with Crippen LogP contribution in [0.15, 0.2) is 24.3 Å². The fourth-order valence-electron chi connectivity index (χ4n) is 1.19. The van der Waals surface area contributed by atoms with Crippen LogP contribution in [0.25, 0.3) is 0 Å². The van der Waals surface area contributed by atoms with Crippen LogP contribution in [0.3, 0.4) is 0 Å². The quantitative estimate of drug-likeness (QED) is 0.852. The average molecular weight is 282 g/mol. The Morgan fingerprint density at radius 3 is 2.06 bits per heavy atom. The van der Waals surface area contributed by atoms with E-state index in [0.717, 1.165) is 12.1 Å². The third-order valence-corrected chi connectivity index (χ3v) is 4.42. The molecule has 18 heavy (non-hydrogen) atoms. The largest absolute Gasteiger partial charge is 0.573 e. The van der Waals surface area contributed by atoms with Crippen LogP contribution < -0.4 is 4.74 Å². The Morgan fingerprint density at radius 2 is 1.67 bits per heavy atom. The molecule has 7 heteroatoms. The highest BCUT2D eigenvalue weighted by atomic mass is 32.2. The summed E-state index contributed by atoms with van der Waals surface area (Å²) in [6.07, 6.45) is -4.74. The minimum Gasteiger partial charge on any atom is -0.406 e. The molecule has 0 radical (unpaired) electrons. The van der Waals surface area contributed by atoms with E-state index in [1.807, 2.05) is 0 Å². The van der Waals surface area contributed by atoms with Crippen LogP contribution >= 0.6 is 0 Å². The molecule has 0 N–H and O–H groups in total. The molecule has 0 saturated heterocycles. The van der Waals surface area contributed by atoms with Crippen LogP contribution in [-0.2, 0) is 15.6 Å². The lowest BCUT2D eigenvalue weighted by atomic mass is 10.2. The summed E-state index contributed by atoms with van der Waals surface area (Å²) in [7, 11) is -3.26. The fraction of sp³-hybridized carbons (Fsp3) is 0.455. The topological polar surface area (TPSA) is 43.4 Å². The normalized spacial score (nSPS) is 12.8. The third-order valence-electron chi connectivity index (χ3n) is 2.24. The van der Waals surface area contributed by atoms with E-state index in [-0.39, 0.29) is 11.5 Å². The first-order valence-electron chi connectivity index (χ1n) is 5.16. The van der Waals surface area contributed by atoms with Crippen molar-refractivity contribution in [1.82, 2.24) is 0 Å². The summed E-state index contributed by atoms with van der Waals surface area (Å²) in [5.41, 5.74) is 0.429. The maximum absolute atomic E-state index is 11.9. The number of hydrogen-bond donors (Lipinski definition) is 0. The molecule has 0 bridgehead atoms. The Hall–Kier alpha value is -1.24. The van der Waals surface area contributed by atoms with Crippen molar-refractivity contribution in [3.05, 3.63) is 29.8 Å². The van der Waals surface area contributed by atoms with Gasteiger partial charge in [0.1, 0.15) is 5.75 Å². The Kier molecular flexibility index (Phi) is 4.26. The zero-order chi connectivity index (χ0) is 14.0. The van der Waals surface area contributed by atoms with E-state index in [0.29, 0.717) is 5.56 Å². The van der Waals surface area contributed by atoms with Gasteiger partial charge in [0.05, 0.1) is 11.0 Å². The van der Waals surface area contributed by atoms with Crippen molar-refractivity contribution in [2.45, 2.75) is 31.2 Å². The summed E-state index contributed by atoms with van der Waals surface area (Å²) in [5, 5.41) is -0.524. The minimum absolute atomic E-state index is 0.197. The van der Waals surface area contributed by atoms with Gasteiger partial charge in [-0.25, -0.2) is 8.42 Å². The molecule has 102 valence electrons. The van der Waals surface area contributed by atoms with E-state index in [1.54, 1.807) is 13.8 Å². The van der Waals surface area contributed by atoms with Gasteiger partial charge >= 0.3 is 6.36 Å². The summed E-state index contributed by atoms with van der Waals surface area (Å²) < 4.78 is 62.6. The first kappa shape index (κ1) is 14.8. The average Bonchev–Trinajstić information content (AvgIpc) is 2.18. The third kappa shape index (κ3) is 4.56. The number of sulfone groups is 1. The maximum Gasteiger partial charge on any atom is 0.573 e. The van der Waals surface area contributed by atoms with Crippen molar-refractivity contribution < 1.29 is 26.3 Å². The molecule has 0 saturated carbocycles. The lowest BCUT2D eigenvalue weighted by Gasteiger charge is -2.10. The number of halogens is 3. The molecular formula is C11H13F3O3S. The summed E-state index contributed by atoms with van der Waals surface area (Å²) in [5.74, 6) is -0.565. The molecule has 1 aromatic carbocycles. The van der Waals surface area contributed by atoms with Gasteiger partial charge < -0.3 is 4.74 Å². The number of benzene rings is 1. The van der Waals surface area contributed by atoms with E-state index >= 15 is 0 Å². The van der Waals surface area contributed by atoms with E-state index in [2.05, 4.69) is 4.74 Å². The molecule has 0 aliphatic carbocycles. The molecular weight excluding hydrogens is 269 g/mol. The lowest BCUT2D eigenvalue weighted by molar-refractivity contribution is -0.274. The predicted molar refractivity (Wildman–Crippen MR) is 60.9 cm³/mol. The van der Waals surface area contributed by atoms with Crippen molar-refractivity contribution in [3.8, 4) is 5.75 Å². The van der Waals surface area contributed by atoms with E-state index in [4.69, 9.17) is 0 Å².